The molecule has 0 N–H and O–H groups in total. The van der Waals surface area contributed by atoms with E-state index in [0.717, 1.165) is 11.1 Å². The summed E-state index contributed by atoms with van der Waals surface area (Å²) in [5, 5.41) is 9.28. The van der Waals surface area contributed by atoms with Crippen LogP contribution in [-0.2, 0) is 0 Å². The lowest BCUT2D eigenvalue weighted by molar-refractivity contribution is 0.0976. The third-order valence-electron chi connectivity index (χ3n) is 3.10. The molecule has 0 saturated heterocycles. The Morgan fingerprint density at radius 3 is 2.37 bits per heavy atom. The van der Waals surface area contributed by atoms with Gasteiger partial charge in [-0.1, -0.05) is 24.3 Å². The van der Waals surface area contributed by atoms with Crippen molar-refractivity contribution in [2.75, 3.05) is 0 Å². The fourth-order valence-corrected chi connectivity index (χ4v) is 2.15. The van der Waals surface area contributed by atoms with Crippen molar-refractivity contribution >= 4 is 5.78 Å². The van der Waals surface area contributed by atoms with Gasteiger partial charge in [0.05, 0.1) is 11.8 Å². The molecular weight excluding hydrogens is 236 g/mol. The summed E-state index contributed by atoms with van der Waals surface area (Å²) in [5.74, 6) is -1.03. The molecule has 0 spiro atoms. The molecule has 1 aromatic heterocycles. The number of aromatic nitrogens is 1. The molecule has 1 heterocycles. The quantitative estimate of drug-likeness (QED) is 0.786. The molecular formula is C16H14N2O. The van der Waals surface area contributed by atoms with Gasteiger partial charge in [0.15, 0.2) is 11.7 Å². The highest BCUT2D eigenvalue weighted by molar-refractivity contribution is 6.04. The lowest BCUT2D eigenvalue weighted by Gasteiger charge is -2.12. The van der Waals surface area contributed by atoms with Gasteiger partial charge in [0, 0.05) is 11.8 Å². The van der Waals surface area contributed by atoms with Gasteiger partial charge in [-0.3, -0.25) is 9.78 Å². The first kappa shape index (κ1) is 13.0. The first-order valence-corrected chi connectivity index (χ1v) is 6.06. The summed E-state index contributed by atoms with van der Waals surface area (Å²) >= 11 is 0. The minimum absolute atomic E-state index is 0.184. The number of carbonyl (C=O) groups excluding carboxylic acids is 1. The van der Waals surface area contributed by atoms with Crippen LogP contribution in [0.4, 0.5) is 0 Å². The highest BCUT2D eigenvalue weighted by Gasteiger charge is 2.25. The minimum atomic E-state index is -0.846. The van der Waals surface area contributed by atoms with E-state index in [1.54, 1.807) is 24.4 Å². The molecule has 1 unspecified atom stereocenters. The molecule has 0 fully saturated rings. The topological polar surface area (TPSA) is 53.8 Å². The molecule has 19 heavy (non-hydrogen) atoms. The van der Waals surface area contributed by atoms with Crippen LogP contribution in [-0.4, -0.2) is 10.8 Å². The van der Waals surface area contributed by atoms with Crippen LogP contribution in [0, 0.1) is 25.2 Å². The zero-order chi connectivity index (χ0) is 13.8. The van der Waals surface area contributed by atoms with Crippen LogP contribution in [0.2, 0.25) is 0 Å². The third-order valence-corrected chi connectivity index (χ3v) is 3.10. The maximum absolute atomic E-state index is 12.6. The Labute approximate surface area is 112 Å². The van der Waals surface area contributed by atoms with E-state index in [0.29, 0.717) is 11.3 Å². The zero-order valence-electron chi connectivity index (χ0n) is 10.9. The van der Waals surface area contributed by atoms with Crippen LogP contribution < -0.4 is 0 Å². The predicted octanol–water partition coefficient (Wildman–Crippen LogP) is 3.19. The largest absolute Gasteiger partial charge is 0.292 e. The van der Waals surface area contributed by atoms with Crippen molar-refractivity contribution in [3.05, 3.63) is 65.0 Å². The van der Waals surface area contributed by atoms with Crippen molar-refractivity contribution < 1.29 is 4.79 Å². The van der Waals surface area contributed by atoms with Gasteiger partial charge in [-0.25, -0.2) is 0 Å². The number of carbonyl (C=O) groups is 1. The summed E-state index contributed by atoms with van der Waals surface area (Å²) < 4.78 is 0. The van der Waals surface area contributed by atoms with Crippen LogP contribution in [0.15, 0.2) is 42.6 Å². The van der Waals surface area contributed by atoms with Gasteiger partial charge in [0.1, 0.15) is 0 Å². The smallest absolute Gasteiger partial charge is 0.186 e. The molecule has 94 valence electrons. The van der Waals surface area contributed by atoms with Crippen LogP contribution in [0.5, 0.6) is 0 Å². The van der Waals surface area contributed by atoms with Crippen LogP contribution in [0.1, 0.15) is 33.1 Å². The minimum Gasteiger partial charge on any atom is -0.292 e. The number of rotatable bonds is 3. The molecule has 3 nitrogen and oxygen atoms in total. The Kier molecular flexibility index (Phi) is 3.72. The Balaban J connectivity index is 2.46. The van der Waals surface area contributed by atoms with E-state index >= 15 is 0 Å². The van der Waals surface area contributed by atoms with E-state index < -0.39 is 5.92 Å². The summed E-state index contributed by atoms with van der Waals surface area (Å²) in [6.45, 7) is 3.76. The zero-order valence-corrected chi connectivity index (χ0v) is 10.9. The number of Topliss-reactive ketones (excluding diaryl/α,β-unsaturated/α-hetero) is 1. The number of nitrogens with zero attached hydrogens (tertiary/aromatic N) is 2. The van der Waals surface area contributed by atoms with Crippen LogP contribution >= 0.6 is 0 Å². The Hall–Kier alpha value is -2.47. The molecule has 2 aromatic rings. The number of ketones is 1. The molecule has 2 rings (SSSR count). The van der Waals surface area contributed by atoms with Crippen molar-refractivity contribution in [2.45, 2.75) is 19.8 Å². The van der Waals surface area contributed by atoms with E-state index in [9.17, 15) is 10.1 Å². The highest BCUT2D eigenvalue weighted by atomic mass is 16.1. The van der Waals surface area contributed by atoms with Gasteiger partial charge in [-0.05, 0) is 37.1 Å². The van der Waals surface area contributed by atoms with Crippen molar-refractivity contribution in [2.24, 2.45) is 0 Å². The van der Waals surface area contributed by atoms with E-state index in [2.05, 4.69) is 11.1 Å². The van der Waals surface area contributed by atoms with Crippen molar-refractivity contribution in [3.63, 3.8) is 0 Å². The fraction of sp³-hybridized carbons (Fsp3) is 0.188. The SMILES string of the molecule is Cc1cccc(C)c1C(=O)C(C#N)c1ccccn1. The van der Waals surface area contributed by atoms with Crippen molar-refractivity contribution in [3.8, 4) is 6.07 Å². The molecule has 3 heteroatoms. The number of pyridine rings is 1. The Morgan fingerprint density at radius 1 is 1.16 bits per heavy atom. The van der Waals surface area contributed by atoms with E-state index in [1.165, 1.54) is 0 Å². The second-order valence-corrected chi connectivity index (χ2v) is 4.45. The second kappa shape index (κ2) is 5.45. The third kappa shape index (κ3) is 2.53. The second-order valence-electron chi connectivity index (χ2n) is 4.45. The van der Waals surface area contributed by atoms with Crippen molar-refractivity contribution in [1.82, 2.24) is 4.98 Å². The van der Waals surface area contributed by atoms with E-state index in [1.807, 2.05) is 32.0 Å². The normalized spacial score (nSPS) is 11.6. The molecule has 0 saturated carbocycles. The van der Waals surface area contributed by atoms with Gasteiger partial charge >= 0.3 is 0 Å². The molecule has 0 amide bonds. The van der Waals surface area contributed by atoms with Gasteiger partial charge in [0.25, 0.3) is 0 Å². The number of hydrogen-bond acceptors (Lipinski definition) is 3. The molecule has 0 aliphatic heterocycles. The molecule has 0 radical (unpaired) electrons. The van der Waals surface area contributed by atoms with E-state index in [-0.39, 0.29) is 5.78 Å². The molecule has 0 aliphatic carbocycles. The summed E-state index contributed by atoms with van der Waals surface area (Å²) in [4.78, 5) is 16.7. The van der Waals surface area contributed by atoms with Crippen molar-refractivity contribution in [1.29, 1.82) is 5.26 Å². The van der Waals surface area contributed by atoms with Gasteiger partial charge in [-0.15, -0.1) is 0 Å². The molecule has 0 aliphatic rings. The summed E-state index contributed by atoms with van der Waals surface area (Å²) in [6.07, 6.45) is 1.59. The van der Waals surface area contributed by atoms with Crippen LogP contribution in [0.25, 0.3) is 0 Å². The lowest BCUT2D eigenvalue weighted by atomic mass is 9.90. The van der Waals surface area contributed by atoms with Gasteiger partial charge in [-0.2, -0.15) is 5.26 Å². The molecule has 1 atom stereocenters. The molecule has 1 aromatic carbocycles. The first-order chi connectivity index (χ1) is 9.15. The highest BCUT2D eigenvalue weighted by Crippen LogP contribution is 2.23. The van der Waals surface area contributed by atoms with Gasteiger partial charge < -0.3 is 0 Å². The maximum atomic E-state index is 12.6. The standard InChI is InChI=1S/C16H14N2O/c1-11-6-5-7-12(2)15(11)16(19)13(10-17)14-8-3-4-9-18-14/h3-9,13H,1-2H3. The van der Waals surface area contributed by atoms with Gasteiger partial charge in [0.2, 0.25) is 0 Å². The van der Waals surface area contributed by atoms with Crippen LogP contribution in [0.3, 0.4) is 0 Å². The first-order valence-electron chi connectivity index (χ1n) is 6.06. The summed E-state index contributed by atoms with van der Waals surface area (Å²) in [5.41, 5.74) is 2.90. The monoisotopic (exact) mass is 250 g/mol. The summed E-state index contributed by atoms with van der Waals surface area (Å²) in [7, 11) is 0. The molecule has 0 bridgehead atoms. The Bertz CT molecular complexity index is 621. The maximum Gasteiger partial charge on any atom is 0.186 e. The van der Waals surface area contributed by atoms with E-state index in [4.69, 9.17) is 0 Å². The number of nitriles is 1. The average molecular weight is 250 g/mol. The lowest BCUT2D eigenvalue weighted by Crippen LogP contribution is -2.15. The number of aryl methyl sites for hydroxylation is 2. The fourth-order valence-electron chi connectivity index (χ4n) is 2.15. The Morgan fingerprint density at radius 2 is 1.84 bits per heavy atom. The predicted molar refractivity (Wildman–Crippen MR) is 72.8 cm³/mol. The average Bonchev–Trinajstić information content (AvgIpc) is 2.40. The number of benzene rings is 1. The summed E-state index contributed by atoms with van der Waals surface area (Å²) in [6, 6.07) is 13.0. The number of hydrogen-bond donors (Lipinski definition) is 0.